The van der Waals surface area contributed by atoms with Gasteiger partial charge >= 0.3 is 0 Å². The average Bonchev–Trinajstić information content (AvgIpc) is 2.43. The molecule has 0 spiro atoms. The van der Waals surface area contributed by atoms with E-state index in [1.54, 1.807) is 0 Å². The van der Waals surface area contributed by atoms with E-state index in [2.05, 4.69) is 27.7 Å². The molecule has 0 bridgehead atoms. The van der Waals surface area contributed by atoms with Crippen LogP contribution < -0.4 is 0 Å². The van der Waals surface area contributed by atoms with E-state index in [0.717, 1.165) is 35.5 Å². The fourth-order valence-electron chi connectivity index (χ4n) is 4.18. The molecule has 2 saturated carbocycles. The van der Waals surface area contributed by atoms with Crippen LogP contribution in [-0.2, 0) is 0 Å². The second kappa shape index (κ2) is 4.47. The largest absolute Gasteiger partial charge is 0.0625 e. The molecule has 0 aliphatic heterocycles. The SMILES string of the molecule is CC(C)C1CCC(C)C2CCC(C)C2C1. The lowest BCUT2D eigenvalue weighted by Gasteiger charge is -2.27. The first kappa shape index (κ1) is 11.5. The molecule has 0 heteroatoms. The van der Waals surface area contributed by atoms with Gasteiger partial charge in [0.15, 0.2) is 0 Å². The molecule has 0 amide bonds. The Labute approximate surface area is 95.8 Å². The summed E-state index contributed by atoms with van der Waals surface area (Å²) in [7, 11) is 0. The summed E-state index contributed by atoms with van der Waals surface area (Å²) in [5.41, 5.74) is 0. The lowest BCUT2D eigenvalue weighted by molar-refractivity contribution is 0.223. The predicted molar refractivity (Wildman–Crippen MR) is 66.7 cm³/mol. The molecule has 0 nitrogen and oxygen atoms in total. The fraction of sp³-hybridized carbons (Fsp3) is 1.00. The second-order valence-corrected chi connectivity index (χ2v) is 6.68. The predicted octanol–water partition coefficient (Wildman–Crippen LogP) is 4.74. The third-order valence-corrected chi connectivity index (χ3v) is 5.48. The zero-order valence-electron chi connectivity index (χ0n) is 11.0. The minimum atomic E-state index is 0.906. The van der Waals surface area contributed by atoms with Crippen LogP contribution in [-0.4, -0.2) is 0 Å². The van der Waals surface area contributed by atoms with Crippen molar-refractivity contribution in [1.82, 2.24) is 0 Å². The molecule has 2 rings (SSSR count). The summed E-state index contributed by atoms with van der Waals surface area (Å²) in [6.45, 7) is 9.86. The topological polar surface area (TPSA) is 0 Å². The quantitative estimate of drug-likeness (QED) is 0.584. The highest BCUT2D eigenvalue weighted by Gasteiger charge is 2.40. The van der Waals surface area contributed by atoms with E-state index >= 15 is 0 Å². The van der Waals surface area contributed by atoms with Crippen molar-refractivity contribution in [1.29, 1.82) is 0 Å². The van der Waals surface area contributed by atoms with Gasteiger partial charge in [0.1, 0.15) is 0 Å². The monoisotopic (exact) mass is 208 g/mol. The van der Waals surface area contributed by atoms with Crippen LogP contribution in [0.15, 0.2) is 0 Å². The Morgan fingerprint density at radius 3 is 2.07 bits per heavy atom. The van der Waals surface area contributed by atoms with Gasteiger partial charge in [-0.25, -0.2) is 0 Å². The lowest BCUT2D eigenvalue weighted by Crippen LogP contribution is -2.19. The van der Waals surface area contributed by atoms with Gasteiger partial charge in [-0.1, -0.05) is 40.5 Å². The maximum Gasteiger partial charge on any atom is -0.0355 e. The van der Waals surface area contributed by atoms with Gasteiger partial charge in [0.25, 0.3) is 0 Å². The van der Waals surface area contributed by atoms with Gasteiger partial charge < -0.3 is 0 Å². The highest BCUT2D eigenvalue weighted by molar-refractivity contribution is 4.90. The lowest BCUT2D eigenvalue weighted by atomic mass is 9.78. The van der Waals surface area contributed by atoms with Crippen molar-refractivity contribution in [3.05, 3.63) is 0 Å². The van der Waals surface area contributed by atoms with Gasteiger partial charge in [0, 0.05) is 0 Å². The summed E-state index contributed by atoms with van der Waals surface area (Å²) >= 11 is 0. The van der Waals surface area contributed by atoms with E-state index in [0.29, 0.717) is 0 Å². The van der Waals surface area contributed by atoms with Crippen LogP contribution in [0.1, 0.15) is 59.8 Å². The highest BCUT2D eigenvalue weighted by Crippen LogP contribution is 2.49. The third kappa shape index (κ3) is 2.24. The van der Waals surface area contributed by atoms with Crippen molar-refractivity contribution < 1.29 is 0 Å². The minimum Gasteiger partial charge on any atom is -0.0625 e. The Bertz CT molecular complexity index is 206. The normalized spacial score (nSPS) is 46.6. The number of rotatable bonds is 1. The zero-order chi connectivity index (χ0) is 11.0. The van der Waals surface area contributed by atoms with Crippen LogP contribution >= 0.6 is 0 Å². The Morgan fingerprint density at radius 1 is 0.800 bits per heavy atom. The Morgan fingerprint density at radius 2 is 1.40 bits per heavy atom. The molecule has 2 aliphatic rings. The van der Waals surface area contributed by atoms with Crippen molar-refractivity contribution in [2.45, 2.75) is 59.8 Å². The first-order valence-corrected chi connectivity index (χ1v) is 7.09. The molecule has 5 unspecified atom stereocenters. The van der Waals surface area contributed by atoms with Crippen LogP contribution in [0.2, 0.25) is 0 Å². The van der Waals surface area contributed by atoms with Gasteiger partial charge in [-0.15, -0.1) is 0 Å². The van der Waals surface area contributed by atoms with E-state index < -0.39 is 0 Å². The Hall–Kier alpha value is 0. The van der Waals surface area contributed by atoms with E-state index in [-0.39, 0.29) is 0 Å². The smallest absolute Gasteiger partial charge is 0.0355 e. The molecule has 0 heterocycles. The van der Waals surface area contributed by atoms with Crippen molar-refractivity contribution in [2.24, 2.45) is 35.5 Å². The maximum atomic E-state index is 2.51. The molecule has 2 aliphatic carbocycles. The first-order valence-electron chi connectivity index (χ1n) is 7.09. The van der Waals surface area contributed by atoms with Gasteiger partial charge in [0.2, 0.25) is 0 Å². The number of hydrogen-bond acceptors (Lipinski definition) is 0. The molecular formula is C15H28. The van der Waals surface area contributed by atoms with E-state index in [9.17, 15) is 0 Å². The molecule has 0 radical (unpaired) electrons. The molecule has 5 atom stereocenters. The van der Waals surface area contributed by atoms with Crippen LogP contribution in [0.4, 0.5) is 0 Å². The van der Waals surface area contributed by atoms with Crippen molar-refractivity contribution in [3.8, 4) is 0 Å². The van der Waals surface area contributed by atoms with Crippen LogP contribution in [0.5, 0.6) is 0 Å². The van der Waals surface area contributed by atoms with Crippen LogP contribution in [0.25, 0.3) is 0 Å². The Kier molecular flexibility index (Phi) is 3.42. The maximum absolute atomic E-state index is 2.51. The summed E-state index contributed by atoms with van der Waals surface area (Å²) in [4.78, 5) is 0. The van der Waals surface area contributed by atoms with Crippen LogP contribution in [0.3, 0.4) is 0 Å². The summed E-state index contributed by atoms with van der Waals surface area (Å²) in [6.07, 6.45) is 7.56. The first-order chi connectivity index (χ1) is 7.09. The average molecular weight is 208 g/mol. The third-order valence-electron chi connectivity index (χ3n) is 5.48. The standard InChI is InChI=1S/C15H28/c1-10(2)13-7-5-11(3)14-8-6-12(4)15(14)9-13/h10-15H,5-9H2,1-4H3. The minimum absolute atomic E-state index is 0.906. The van der Waals surface area contributed by atoms with Gasteiger partial charge in [-0.05, 0) is 54.8 Å². The van der Waals surface area contributed by atoms with Crippen molar-refractivity contribution in [3.63, 3.8) is 0 Å². The summed E-state index contributed by atoms with van der Waals surface area (Å²) in [6, 6.07) is 0. The fourth-order valence-corrected chi connectivity index (χ4v) is 4.18. The summed E-state index contributed by atoms with van der Waals surface area (Å²) < 4.78 is 0. The van der Waals surface area contributed by atoms with Gasteiger partial charge in [-0.2, -0.15) is 0 Å². The molecule has 15 heavy (non-hydrogen) atoms. The molecule has 0 aromatic heterocycles. The number of fused-ring (bicyclic) bond motifs is 1. The number of hydrogen-bond donors (Lipinski definition) is 0. The molecular weight excluding hydrogens is 180 g/mol. The zero-order valence-corrected chi connectivity index (χ0v) is 11.0. The molecule has 88 valence electrons. The van der Waals surface area contributed by atoms with Gasteiger partial charge in [0.05, 0.1) is 0 Å². The van der Waals surface area contributed by atoms with E-state index in [4.69, 9.17) is 0 Å². The molecule has 0 saturated heterocycles. The summed E-state index contributed by atoms with van der Waals surface area (Å²) in [5, 5.41) is 0. The molecule has 0 aromatic rings. The summed E-state index contributed by atoms with van der Waals surface area (Å²) in [5.74, 6) is 6.07. The van der Waals surface area contributed by atoms with E-state index in [1.165, 1.54) is 32.1 Å². The van der Waals surface area contributed by atoms with Crippen molar-refractivity contribution in [2.75, 3.05) is 0 Å². The van der Waals surface area contributed by atoms with E-state index in [1.807, 2.05) is 0 Å². The molecule has 0 N–H and O–H groups in total. The van der Waals surface area contributed by atoms with Gasteiger partial charge in [-0.3, -0.25) is 0 Å². The Balaban J connectivity index is 2.09. The molecule has 0 aromatic carbocycles. The molecule has 2 fully saturated rings. The van der Waals surface area contributed by atoms with Crippen molar-refractivity contribution >= 4 is 0 Å². The van der Waals surface area contributed by atoms with Crippen LogP contribution in [0, 0.1) is 35.5 Å². The second-order valence-electron chi connectivity index (χ2n) is 6.68. The highest BCUT2D eigenvalue weighted by atomic mass is 14.4.